The Morgan fingerprint density at radius 3 is 2.63 bits per heavy atom. The molecule has 1 unspecified atom stereocenters. The smallest absolute Gasteiger partial charge is 0.300 e. The summed E-state index contributed by atoms with van der Waals surface area (Å²) in [6.07, 6.45) is 0.331. The van der Waals surface area contributed by atoms with Crippen LogP contribution in [0.5, 0.6) is 5.75 Å². The van der Waals surface area contributed by atoms with Crippen LogP contribution >= 0.6 is 15.9 Å². The lowest BCUT2D eigenvalue weighted by Crippen LogP contribution is -2.48. The molecule has 2 aliphatic heterocycles. The Hall–Kier alpha value is -2.72. The van der Waals surface area contributed by atoms with Gasteiger partial charge in [0.1, 0.15) is 11.4 Å². The Morgan fingerprint density at radius 1 is 1.20 bits per heavy atom. The highest BCUT2D eigenvalue weighted by Crippen LogP contribution is 2.42. The normalized spacial score (nSPS) is 21.0. The van der Waals surface area contributed by atoms with Crippen LogP contribution in [0.3, 0.4) is 0 Å². The topological polar surface area (TPSA) is 103 Å². The van der Waals surface area contributed by atoms with Gasteiger partial charge in [-0.2, -0.15) is 10.1 Å². The largest absolute Gasteiger partial charge is 0.497 e. The highest BCUT2D eigenvalue weighted by Gasteiger charge is 2.48. The van der Waals surface area contributed by atoms with E-state index in [9.17, 15) is 13.2 Å². The summed E-state index contributed by atoms with van der Waals surface area (Å²) >= 11 is 3.45. The van der Waals surface area contributed by atoms with E-state index in [0.717, 1.165) is 10.2 Å². The lowest BCUT2D eigenvalue weighted by Gasteiger charge is -2.38. The second-order valence-electron chi connectivity index (χ2n) is 7.42. The minimum absolute atomic E-state index is 0.0387. The van der Waals surface area contributed by atoms with Gasteiger partial charge in [0.05, 0.1) is 18.6 Å². The van der Waals surface area contributed by atoms with Gasteiger partial charge in [-0.25, -0.2) is 13.1 Å². The van der Waals surface area contributed by atoms with Crippen LogP contribution in [0, 0.1) is 0 Å². The maximum Gasteiger partial charge on any atom is 0.300 e. The second kappa shape index (κ2) is 6.64. The molecule has 30 heavy (non-hydrogen) atoms. The third-order valence-electron chi connectivity index (χ3n) is 5.45. The maximum absolute atomic E-state index is 12.9. The third kappa shape index (κ3) is 3.02. The van der Waals surface area contributed by atoms with Gasteiger partial charge in [-0.15, -0.1) is 0 Å². The molecule has 10 heteroatoms. The summed E-state index contributed by atoms with van der Waals surface area (Å²) in [5, 5.41) is 7.99. The van der Waals surface area contributed by atoms with E-state index in [-0.39, 0.29) is 17.2 Å². The van der Waals surface area contributed by atoms with Crippen molar-refractivity contribution in [1.82, 2.24) is 14.8 Å². The fourth-order valence-corrected chi connectivity index (χ4v) is 6.22. The highest BCUT2D eigenvalue weighted by atomic mass is 79.9. The molecule has 0 radical (unpaired) electrons. The average Bonchev–Trinajstić information content (AvgIpc) is 3.03. The van der Waals surface area contributed by atoms with Gasteiger partial charge in [0, 0.05) is 27.7 Å². The first kappa shape index (κ1) is 19.3. The number of nitrogens with zero attached hydrogens (tertiary/aromatic N) is 3. The Balaban J connectivity index is 1.76. The number of hydrogen-bond donors (Lipinski definition) is 1. The molecule has 3 heterocycles. The fraction of sp³-hybridized carbons (Fsp3) is 0.250. The van der Waals surface area contributed by atoms with Gasteiger partial charge in [-0.05, 0) is 42.5 Å². The zero-order valence-electron chi connectivity index (χ0n) is 15.9. The minimum Gasteiger partial charge on any atom is -0.497 e. The van der Waals surface area contributed by atoms with Crippen LogP contribution in [0.1, 0.15) is 6.42 Å². The predicted molar refractivity (Wildman–Crippen MR) is 116 cm³/mol. The summed E-state index contributed by atoms with van der Waals surface area (Å²) in [7, 11) is -1.70. The molecule has 0 amide bonds. The van der Waals surface area contributed by atoms with Crippen molar-refractivity contribution in [2.45, 2.75) is 12.1 Å². The number of benzene rings is 2. The van der Waals surface area contributed by atoms with Crippen LogP contribution in [-0.2, 0) is 15.5 Å². The third-order valence-corrected chi connectivity index (χ3v) is 7.69. The summed E-state index contributed by atoms with van der Waals surface area (Å²) < 4.78 is 32.3. The van der Waals surface area contributed by atoms with Gasteiger partial charge in [0.25, 0.3) is 5.56 Å². The van der Waals surface area contributed by atoms with Crippen molar-refractivity contribution in [3.8, 4) is 28.4 Å². The van der Waals surface area contributed by atoms with Gasteiger partial charge in [-0.1, -0.05) is 15.9 Å². The van der Waals surface area contributed by atoms with Gasteiger partial charge < -0.3 is 10.1 Å². The zero-order valence-corrected chi connectivity index (χ0v) is 18.3. The van der Waals surface area contributed by atoms with E-state index < -0.39 is 21.1 Å². The molecule has 0 bridgehead atoms. The van der Waals surface area contributed by atoms with Crippen LogP contribution < -0.4 is 15.6 Å². The van der Waals surface area contributed by atoms with Crippen molar-refractivity contribution in [2.24, 2.45) is 0 Å². The number of fused-ring (bicyclic) bond motifs is 4. The van der Waals surface area contributed by atoms with E-state index in [0.29, 0.717) is 29.1 Å². The van der Waals surface area contributed by atoms with E-state index in [4.69, 9.17) is 4.74 Å². The van der Waals surface area contributed by atoms with E-state index >= 15 is 0 Å². The first-order chi connectivity index (χ1) is 14.3. The molecule has 154 valence electrons. The minimum atomic E-state index is -3.26. The molecule has 1 N–H and O–H groups in total. The zero-order chi connectivity index (χ0) is 21.1. The number of aromatic nitrogens is 3. The van der Waals surface area contributed by atoms with Crippen LogP contribution in [0.15, 0.2) is 51.7 Å². The molecule has 2 aliphatic rings. The molecule has 1 fully saturated rings. The van der Waals surface area contributed by atoms with Crippen LogP contribution in [0.25, 0.3) is 22.6 Å². The van der Waals surface area contributed by atoms with Crippen LogP contribution in [-0.4, -0.2) is 41.8 Å². The Bertz CT molecular complexity index is 1340. The molecule has 1 atom stereocenters. The van der Waals surface area contributed by atoms with Gasteiger partial charge in [-0.3, -0.25) is 4.79 Å². The Kier molecular flexibility index (Phi) is 4.26. The van der Waals surface area contributed by atoms with Gasteiger partial charge >= 0.3 is 0 Å². The lowest BCUT2D eigenvalue weighted by atomic mass is 10.0. The number of anilines is 1. The van der Waals surface area contributed by atoms with E-state index in [1.165, 1.54) is 0 Å². The number of nitrogens with one attached hydrogen (secondary N) is 1. The van der Waals surface area contributed by atoms with E-state index in [1.54, 1.807) is 36.1 Å². The van der Waals surface area contributed by atoms with Crippen molar-refractivity contribution < 1.29 is 13.2 Å². The second-order valence-corrected chi connectivity index (χ2v) is 10.5. The predicted octanol–water partition coefficient (Wildman–Crippen LogP) is 2.64. The molecule has 3 aromatic rings. The number of rotatable bonds is 2. The molecular weight excluding hydrogens is 472 g/mol. The molecule has 5 rings (SSSR count). The molecule has 1 spiro atoms. The monoisotopic (exact) mass is 488 g/mol. The first-order valence-electron chi connectivity index (χ1n) is 9.25. The van der Waals surface area contributed by atoms with E-state index in [1.807, 2.05) is 18.2 Å². The standard InChI is InChI=1S/C20H17BrN4O4S/c1-29-14-5-2-12(3-6-14)17-19(26)22-18-15-10-13(21)4-7-16(15)23-20(25(18)24-17)8-9-30(27,28)11-20/h2-7,10,23H,8-9,11H2,1H3. The van der Waals surface area contributed by atoms with Crippen LogP contribution in [0.2, 0.25) is 0 Å². The maximum atomic E-state index is 12.9. The summed E-state index contributed by atoms with van der Waals surface area (Å²) in [4.78, 5) is 17.2. The lowest BCUT2D eigenvalue weighted by molar-refractivity contribution is 0.332. The number of ether oxygens (including phenoxy) is 1. The van der Waals surface area contributed by atoms with Crippen molar-refractivity contribution >= 4 is 31.5 Å². The number of halogens is 1. The molecule has 1 aromatic heterocycles. The molecule has 8 nitrogen and oxygen atoms in total. The Morgan fingerprint density at radius 2 is 1.97 bits per heavy atom. The molecule has 1 saturated heterocycles. The van der Waals surface area contributed by atoms with E-state index in [2.05, 4.69) is 31.3 Å². The van der Waals surface area contributed by atoms with Crippen LogP contribution in [0.4, 0.5) is 5.69 Å². The number of methoxy groups -OCH3 is 1. The summed E-state index contributed by atoms with van der Waals surface area (Å²) in [5.41, 5.74) is 0.684. The average molecular weight is 489 g/mol. The van der Waals surface area contributed by atoms with Crippen molar-refractivity contribution in [3.63, 3.8) is 0 Å². The number of hydrogen-bond acceptors (Lipinski definition) is 7. The van der Waals surface area contributed by atoms with Crippen molar-refractivity contribution in [2.75, 3.05) is 23.9 Å². The quantitative estimate of drug-likeness (QED) is 0.591. The Labute approximate surface area is 181 Å². The summed E-state index contributed by atoms with van der Waals surface area (Å²) in [6, 6.07) is 12.5. The van der Waals surface area contributed by atoms with Gasteiger partial charge in [0.15, 0.2) is 21.4 Å². The summed E-state index contributed by atoms with van der Waals surface area (Å²) in [6.45, 7) is 0. The summed E-state index contributed by atoms with van der Waals surface area (Å²) in [5.74, 6) is 0.923. The van der Waals surface area contributed by atoms with Gasteiger partial charge in [0.2, 0.25) is 0 Å². The first-order valence-corrected chi connectivity index (χ1v) is 11.9. The SMILES string of the molecule is COc1ccc(-c2nn3c(nc2=O)-c2cc(Br)ccc2NC32CCS(=O)(=O)C2)cc1. The molecular formula is C20H17BrN4O4S. The molecule has 2 aromatic carbocycles. The molecule has 0 aliphatic carbocycles. The molecule has 0 saturated carbocycles. The number of sulfone groups is 1. The van der Waals surface area contributed by atoms with Crippen molar-refractivity contribution in [1.29, 1.82) is 0 Å². The highest BCUT2D eigenvalue weighted by molar-refractivity contribution is 9.10. The fourth-order valence-electron chi connectivity index (χ4n) is 4.00. The van der Waals surface area contributed by atoms with Crippen molar-refractivity contribution in [3.05, 3.63) is 57.3 Å².